The minimum Gasteiger partial charge on any atom is -0.379 e. The van der Waals surface area contributed by atoms with Gasteiger partial charge in [-0.3, -0.25) is 24.1 Å². The first-order chi connectivity index (χ1) is 20.2. The number of Topliss-reactive ketones (excluding diaryl/α,β-unsaturated/α-hetero) is 3. The van der Waals surface area contributed by atoms with Gasteiger partial charge in [-0.15, -0.1) is 0 Å². The maximum Gasteiger partial charge on any atom is 0.223 e. The first-order valence-corrected chi connectivity index (χ1v) is 15.6. The quantitative estimate of drug-likeness (QED) is 0.309. The average molecular weight is 580 g/mol. The van der Waals surface area contributed by atoms with Crippen LogP contribution in [0.2, 0.25) is 0 Å². The van der Waals surface area contributed by atoms with E-state index in [9.17, 15) is 19.2 Å². The monoisotopic (exact) mass is 579 g/mol. The van der Waals surface area contributed by atoms with Gasteiger partial charge in [-0.1, -0.05) is 38.7 Å². The third-order valence-electron chi connectivity index (χ3n) is 9.26. The number of ketones is 3. The van der Waals surface area contributed by atoms with Crippen molar-refractivity contribution in [2.45, 2.75) is 76.9 Å². The summed E-state index contributed by atoms with van der Waals surface area (Å²) in [5.41, 5.74) is 1.13. The van der Waals surface area contributed by atoms with Gasteiger partial charge in [0, 0.05) is 49.5 Å². The molecule has 1 aliphatic carbocycles. The highest BCUT2D eigenvalue weighted by Gasteiger charge is 2.50. The molecule has 1 aromatic heterocycles. The number of H-pyrrole nitrogens is 1. The molecule has 1 aromatic carbocycles. The summed E-state index contributed by atoms with van der Waals surface area (Å²) in [7, 11) is 0. The SMILES string of the molecule is CC(CC(=O)CN1CCOCC1)C(=O)NC(Cc1ccc2[nH]ccc2c1)C(=O)CC(CC1CCCC1)C(=O)C1(C)CO1. The van der Waals surface area contributed by atoms with Crippen molar-refractivity contribution in [3.8, 4) is 0 Å². The summed E-state index contributed by atoms with van der Waals surface area (Å²) in [6, 6.07) is 7.13. The number of hydrogen-bond acceptors (Lipinski definition) is 7. The molecule has 3 heterocycles. The van der Waals surface area contributed by atoms with Crippen LogP contribution in [0.4, 0.5) is 0 Å². The lowest BCUT2D eigenvalue weighted by Gasteiger charge is -2.26. The highest BCUT2D eigenvalue weighted by atomic mass is 16.6. The van der Waals surface area contributed by atoms with Gasteiger partial charge in [0.1, 0.15) is 11.4 Å². The number of rotatable bonds is 15. The number of aromatic nitrogens is 1. The Labute approximate surface area is 248 Å². The molecule has 5 rings (SSSR count). The van der Waals surface area contributed by atoms with Gasteiger partial charge in [-0.2, -0.15) is 0 Å². The molecule has 2 N–H and O–H groups in total. The van der Waals surface area contributed by atoms with Gasteiger partial charge in [0.25, 0.3) is 0 Å². The topological polar surface area (TPSA) is 121 Å². The van der Waals surface area contributed by atoms with Crippen LogP contribution in [-0.4, -0.2) is 84.2 Å². The predicted octanol–water partition coefficient (Wildman–Crippen LogP) is 3.64. The molecular weight excluding hydrogens is 534 g/mol. The van der Waals surface area contributed by atoms with E-state index in [0.717, 1.165) is 42.1 Å². The number of fused-ring (bicyclic) bond motifs is 1. The van der Waals surface area contributed by atoms with E-state index >= 15 is 0 Å². The smallest absolute Gasteiger partial charge is 0.223 e. The highest BCUT2D eigenvalue weighted by Crippen LogP contribution is 2.37. The van der Waals surface area contributed by atoms with E-state index in [4.69, 9.17) is 9.47 Å². The molecule has 3 fully saturated rings. The minimum absolute atomic E-state index is 0.000220. The summed E-state index contributed by atoms with van der Waals surface area (Å²) in [6.45, 7) is 6.87. The number of carbonyl (C=O) groups excluding carboxylic acids is 4. The van der Waals surface area contributed by atoms with E-state index in [1.807, 2.05) is 42.3 Å². The van der Waals surface area contributed by atoms with Gasteiger partial charge >= 0.3 is 0 Å². The second-order valence-electron chi connectivity index (χ2n) is 12.8. The fourth-order valence-corrected chi connectivity index (χ4v) is 6.53. The molecule has 2 aliphatic heterocycles. The van der Waals surface area contributed by atoms with Gasteiger partial charge in [-0.05, 0) is 54.8 Å². The number of morpholine rings is 1. The standard InChI is InChI=1S/C33H45N3O6/c1-22(15-27(37)20-36-11-13-41-14-12-36)32(40)35-29(18-24-7-8-28-25(17-24)9-10-34-28)30(38)19-26(16-23-5-3-4-6-23)31(39)33(2)21-42-33/h7-10,17,22-23,26,29,34H,3-6,11-16,18-21H2,1-2H3,(H,35,40). The number of nitrogens with one attached hydrogen (secondary N) is 2. The molecule has 2 saturated heterocycles. The van der Waals surface area contributed by atoms with Crippen molar-refractivity contribution in [1.82, 2.24) is 15.2 Å². The Balaban J connectivity index is 1.28. The normalized spacial score (nSPS) is 23.4. The number of carbonyl (C=O) groups is 4. The zero-order valence-corrected chi connectivity index (χ0v) is 25.0. The number of nitrogens with zero attached hydrogens (tertiary/aromatic N) is 1. The first-order valence-electron chi connectivity index (χ1n) is 15.6. The Kier molecular flexibility index (Phi) is 9.91. The first kappa shape index (κ1) is 30.6. The Morgan fingerprint density at radius 1 is 1.10 bits per heavy atom. The molecule has 9 nitrogen and oxygen atoms in total. The van der Waals surface area contributed by atoms with E-state index < -0.39 is 23.5 Å². The molecule has 9 heteroatoms. The summed E-state index contributed by atoms with van der Waals surface area (Å²) >= 11 is 0. The Morgan fingerprint density at radius 3 is 2.55 bits per heavy atom. The van der Waals surface area contributed by atoms with Crippen LogP contribution >= 0.6 is 0 Å². The summed E-state index contributed by atoms with van der Waals surface area (Å²) in [6.07, 6.45) is 7.56. The number of amides is 1. The molecule has 0 bridgehead atoms. The summed E-state index contributed by atoms with van der Waals surface area (Å²) in [4.78, 5) is 58.7. The van der Waals surface area contributed by atoms with Crippen molar-refractivity contribution in [2.75, 3.05) is 39.5 Å². The zero-order valence-electron chi connectivity index (χ0n) is 25.0. The molecule has 4 unspecified atom stereocenters. The van der Waals surface area contributed by atoms with E-state index in [1.54, 1.807) is 6.92 Å². The van der Waals surface area contributed by atoms with Crippen molar-refractivity contribution in [3.63, 3.8) is 0 Å². The fourth-order valence-electron chi connectivity index (χ4n) is 6.53. The van der Waals surface area contributed by atoms with Crippen LogP contribution in [0.25, 0.3) is 10.9 Å². The Hall–Kier alpha value is -2.88. The molecular formula is C33H45N3O6. The number of ether oxygens (including phenoxy) is 2. The summed E-state index contributed by atoms with van der Waals surface area (Å²) in [5.74, 6) is -1.02. The van der Waals surface area contributed by atoms with Crippen molar-refractivity contribution in [2.24, 2.45) is 17.8 Å². The lowest BCUT2D eigenvalue weighted by Crippen LogP contribution is -2.46. The van der Waals surface area contributed by atoms with Crippen molar-refractivity contribution >= 4 is 34.2 Å². The van der Waals surface area contributed by atoms with Crippen molar-refractivity contribution < 1.29 is 28.7 Å². The minimum atomic E-state index is -0.795. The zero-order chi connectivity index (χ0) is 29.7. The maximum atomic E-state index is 13.9. The average Bonchev–Trinajstić information content (AvgIpc) is 3.32. The van der Waals surface area contributed by atoms with Crippen LogP contribution in [0.3, 0.4) is 0 Å². The highest BCUT2D eigenvalue weighted by molar-refractivity contribution is 5.97. The lowest BCUT2D eigenvalue weighted by molar-refractivity contribution is -0.134. The third-order valence-corrected chi connectivity index (χ3v) is 9.26. The lowest BCUT2D eigenvalue weighted by atomic mass is 9.81. The van der Waals surface area contributed by atoms with Gasteiger partial charge in [0.15, 0.2) is 11.6 Å². The summed E-state index contributed by atoms with van der Waals surface area (Å²) in [5, 5.41) is 4.01. The molecule has 2 aromatic rings. The van der Waals surface area contributed by atoms with Crippen LogP contribution in [0, 0.1) is 17.8 Å². The number of hydrogen-bond donors (Lipinski definition) is 2. The fraction of sp³-hybridized carbons (Fsp3) is 0.636. The van der Waals surface area contributed by atoms with Crippen LogP contribution in [0.5, 0.6) is 0 Å². The number of aromatic amines is 1. The van der Waals surface area contributed by atoms with Gasteiger partial charge in [-0.25, -0.2) is 0 Å². The van der Waals surface area contributed by atoms with Crippen LogP contribution in [0.1, 0.15) is 64.4 Å². The van der Waals surface area contributed by atoms with Crippen molar-refractivity contribution in [3.05, 3.63) is 36.0 Å². The van der Waals surface area contributed by atoms with E-state index in [0.29, 0.717) is 58.2 Å². The van der Waals surface area contributed by atoms with E-state index in [-0.39, 0.29) is 36.1 Å². The van der Waals surface area contributed by atoms with Gasteiger partial charge in [0.2, 0.25) is 5.91 Å². The second-order valence-corrected chi connectivity index (χ2v) is 12.8. The second kappa shape index (κ2) is 13.6. The van der Waals surface area contributed by atoms with Crippen LogP contribution in [-0.2, 0) is 35.1 Å². The van der Waals surface area contributed by atoms with E-state index in [2.05, 4.69) is 10.3 Å². The Bertz CT molecular complexity index is 1270. The third kappa shape index (κ3) is 7.94. The molecule has 4 atom stereocenters. The molecule has 42 heavy (non-hydrogen) atoms. The maximum absolute atomic E-state index is 13.9. The Morgan fingerprint density at radius 2 is 1.83 bits per heavy atom. The molecule has 1 saturated carbocycles. The van der Waals surface area contributed by atoms with Crippen molar-refractivity contribution in [1.29, 1.82) is 0 Å². The molecule has 0 radical (unpaired) electrons. The van der Waals surface area contributed by atoms with Gasteiger partial charge < -0.3 is 19.8 Å². The van der Waals surface area contributed by atoms with Gasteiger partial charge in [0.05, 0.1) is 32.4 Å². The molecule has 0 spiro atoms. The predicted molar refractivity (Wildman–Crippen MR) is 159 cm³/mol. The largest absolute Gasteiger partial charge is 0.379 e. The van der Waals surface area contributed by atoms with Crippen LogP contribution in [0.15, 0.2) is 30.5 Å². The molecule has 3 aliphatic rings. The van der Waals surface area contributed by atoms with E-state index in [1.165, 1.54) is 0 Å². The number of benzene rings is 1. The van der Waals surface area contributed by atoms with Crippen LogP contribution < -0.4 is 5.32 Å². The number of epoxide rings is 1. The molecule has 228 valence electrons. The molecule has 1 amide bonds. The summed E-state index contributed by atoms with van der Waals surface area (Å²) < 4.78 is 10.8.